The van der Waals surface area contributed by atoms with E-state index in [2.05, 4.69) is 24.1 Å². The third-order valence-electron chi connectivity index (χ3n) is 4.70. The molecule has 1 amide bonds. The first-order valence-corrected chi connectivity index (χ1v) is 9.96. The molecule has 2 aromatic heterocycles. The topological polar surface area (TPSA) is 64.0 Å². The van der Waals surface area contributed by atoms with E-state index in [1.165, 1.54) is 11.3 Å². The van der Waals surface area contributed by atoms with Gasteiger partial charge in [-0.05, 0) is 50.3 Å². The number of nitrogens with one attached hydrogen (secondary N) is 1. The van der Waals surface area contributed by atoms with E-state index in [0.717, 1.165) is 23.2 Å². The average Bonchev–Trinajstić information content (AvgIpc) is 2.94. The van der Waals surface area contributed by atoms with Crippen LogP contribution in [-0.4, -0.2) is 15.5 Å². The Labute approximate surface area is 163 Å². The lowest BCUT2D eigenvalue weighted by atomic mass is 10.1. The van der Waals surface area contributed by atoms with Crippen LogP contribution in [0.1, 0.15) is 46.6 Å². The zero-order valence-corrected chi connectivity index (χ0v) is 17.2. The lowest BCUT2D eigenvalue weighted by molar-refractivity contribution is 0.103. The molecular weight excluding hydrogens is 358 g/mol. The van der Waals surface area contributed by atoms with Crippen molar-refractivity contribution in [1.82, 2.24) is 9.55 Å². The van der Waals surface area contributed by atoms with Crippen LogP contribution in [0.5, 0.6) is 0 Å². The van der Waals surface area contributed by atoms with Gasteiger partial charge in [0.05, 0.1) is 16.6 Å². The van der Waals surface area contributed by atoms with Gasteiger partial charge in [-0.25, -0.2) is 4.98 Å². The summed E-state index contributed by atoms with van der Waals surface area (Å²) in [6.45, 7) is 10.7. The van der Waals surface area contributed by atoms with Crippen LogP contribution in [0.4, 0.5) is 5.69 Å². The number of rotatable bonds is 5. The largest absolute Gasteiger partial charge is 0.321 e. The minimum Gasteiger partial charge on any atom is -0.321 e. The Bertz CT molecular complexity index is 1060. The Morgan fingerprint density at radius 3 is 2.67 bits per heavy atom. The molecule has 3 aromatic rings. The van der Waals surface area contributed by atoms with Gasteiger partial charge in [-0.3, -0.25) is 14.2 Å². The molecule has 0 aliphatic carbocycles. The SMILES string of the molecule is Cc1ccc(NC(=O)c2sc3ncn(CCC(C)C)c(=O)c3c2C)c(C)c1. The molecule has 0 atom stereocenters. The van der Waals surface area contributed by atoms with Crippen LogP contribution in [0.2, 0.25) is 0 Å². The summed E-state index contributed by atoms with van der Waals surface area (Å²) in [5.74, 6) is 0.311. The lowest BCUT2D eigenvalue weighted by Gasteiger charge is -2.08. The molecule has 6 heteroatoms. The van der Waals surface area contributed by atoms with Crippen LogP contribution >= 0.6 is 11.3 Å². The Morgan fingerprint density at radius 1 is 1.26 bits per heavy atom. The molecular formula is C21H25N3O2S. The fourth-order valence-electron chi connectivity index (χ4n) is 3.07. The lowest BCUT2D eigenvalue weighted by Crippen LogP contribution is -2.21. The first kappa shape index (κ1) is 19.3. The van der Waals surface area contributed by atoms with Crippen LogP contribution in [-0.2, 0) is 6.54 Å². The number of thiophene rings is 1. The third kappa shape index (κ3) is 3.95. The quantitative estimate of drug-likeness (QED) is 0.696. The van der Waals surface area contributed by atoms with Crippen LogP contribution in [0.25, 0.3) is 10.2 Å². The van der Waals surface area contributed by atoms with Crippen LogP contribution < -0.4 is 10.9 Å². The average molecular weight is 384 g/mol. The first-order chi connectivity index (χ1) is 12.8. The fourth-order valence-corrected chi connectivity index (χ4v) is 4.10. The highest BCUT2D eigenvalue weighted by Crippen LogP contribution is 2.28. The molecule has 0 aliphatic heterocycles. The number of fused-ring (bicyclic) bond motifs is 1. The van der Waals surface area contributed by atoms with Gasteiger partial charge < -0.3 is 5.32 Å². The van der Waals surface area contributed by atoms with E-state index >= 15 is 0 Å². The van der Waals surface area contributed by atoms with Gasteiger partial charge >= 0.3 is 0 Å². The van der Waals surface area contributed by atoms with Crippen molar-refractivity contribution < 1.29 is 4.79 Å². The number of hydrogen-bond donors (Lipinski definition) is 1. The summed E-state index contributed by atoms with van der Waals surface area (Å²) in [4.78, 5) is 31.2. The van der Waals surface area contributed by atoms with Crippen molar-refractivity contribution in [2.75, 3.05) is 5.32 Å². The van der Waals surface area contributed by atoms with E-state index in [-0.39, 0.29) is 11.5 Å². The summed E-state index contributed by atoms with van der Waals surface area (Å²) < 4.78 is 1.65. The molecule has 0 unspecified atom stereocenters. The number of carbonyl (C=O) groups excluding carboxylic acids is 1. The number of carbonyl (C=O) groups is 1. The number of hydrogen-bond acceptors (Lipinski definition) is 4. The monoisotopic (exact) mass is 383 g/mol. The molecule has 0 aliphatic rings. The Morgan fingerprint density at radius 2 is 2.00 bits per heavy atom. The number of benzene rings is 1. The number of nitrogens with zero attached hydrogens (tertiary/aromatic N) is 2. The van der Waals surface area contributed by atoms with Crippen LogP contribution in [0.3, 0.4) is 0 Å². The second kappa shape index (κ2) is 7.64. The summed E-state index contributed by atoms with van der Waals surface area (Å²) >= 11 is 1.27. The molecule has 0 bridgehead atoms. The smallest absolute Gasteiger partial charge is 0.266 e. The van der Waals surface area contributed by atoms with Gasteiger partial charge in [0.1, 0.15) is 4.83 Å². The van der Waals surface area contributed by atoms with E-state index in [0.29, 0.717) is 33.1 Å². The molecule has 0 radical (unpaired) electrons. The van der Waals surface area contributed by atoms with Crippen molar-refractivity contribution in [3.05, 3.63) is 56.4 Å². The highest BCUT2D eigenvalue weighted by molar-refractivity contribution is 7.20. The molecule has 3 rings (SSSR count). The maximum atomic E-state index is 12.8. The maximum absolute atomic E-state index is 12.8. The summed E-state index contributed by atoms with van der Waals surface area (Å²) in [6.07, 6.45) is 2.51. The van der Waals surface area contributed by atoms with Gasteiger partial charge in [-0.15, -0.1) is 11.3 Å². The highest BCUT2D eigenvalue weighted by Gasteiger charge is 2.20. The molecule has 1 N–H and O–H groups in total. The van der Waals surface area contributed by atoms with Gasteiger partial charge in [-0.1, -0.05) is 31.5 Å². The summed E-state index contributed by atoms with van der Waals surface area (Å²) in [5, 5.41) is 3.52. The third-order valence-corrected chi connectivity index (χ3v) is 5.90. The van der Waals surface area contributed by atoms with Gasteiger partial charge in [0.15, 0.2) is 0 Å². The molecule has 27 heavy (non-hydrogen) atoms. The molecule has 0 fully saturated rings. The van der Waals surface area contributed by atoms with Crippen LogP contribution in [0.15, 0.2) is 29.3 Å². The number of aromatic nitrogens is 2. The molecule has 142 valence electrons. The van der Waals surface area contributed by atoms with Gasteiger partial charge in [0.2, 0.25) is 0 Å². The van der Waals surface area contributed by atoms with Gasteiger partial charge in [-0.2, -0.15) is 0 Å². The Hall–Kier alpha value is -2.47. The maximum Gasteiger partial charge on any atom is 0.266 e. The van der Waals surface area contributed by atoms with E-state index in [9.17, 15) is 9.59 Å². The van der Waals surface area contributed by atoms with Crippen molar-refractivity contribution in [1.29, 1.82) is 0 Å². The number of amides is 1. The number of aryl methyl sites for hydroxylation is 4. The molecule has 5 nitrogen and oxygen atoms in total. The predicted octanol–water partition coefficient (Wildman–Crippen LogP) is 4.68. The second-order valence-corrected chi connectivity index (χ2v) is 8.43. The van der Waals surface area contributed by atoms with Crippen molar-refractivity contribution >= 4 is 33.1 Å². The molecule has 1 aromatic carbocycles. The zero-order valence-electron chi connectivity index (χ0n) is 16.4. The fraction of sp³-hybridized carbons (Fsp3) is 0.381. The van der Waals surface area contributed by atoms with E-state index in [4.69, 9.17) is 0 Å². The van der Waals surface area contributed by atoms with Gasteiger partial charge in [0.25, 0.3) is 11.5 Å². The Kier molecular flexibility index (Phi) is 5.46. The van der Waals surface area contributed by atoms with Crippen LogP contribution in [0, 0.1) is 26.7 Å². The normalized spacial score (nSPS) is 11.3. The summed E-state index contributed by atoms with van der Waals surface area (Å²) in [6, 6.07) is 5.90. The minimum absolute atomic E-state index is 0.0695. The first-order valence-electron chi connectivity index (χ1n) is 9.15. The van der Waals surface area contributed by atoms with Crippen molar-refractivity contribution in [2.24, 2.45) is 5.92 Å². The molecule has 0 saturated carbocycles. The number of anilines is 1. The second-order valence-electron chi connectivity index (χ2n) is 7.43. The van der Waals surface area contributed by atoms with Crippen molar-refractivity contribution in [3.8, 4) is 0 Å². The van der Waals surface area contributed by atoms with E-state index < -0.39 is 0 Å². The standard InChI is InChI=1S/C21H25N3O2S/c1-12(2)8-9-24-11-22-20-17(21(24)26)15(5)18(27-20)19(25)23-16-7-6-13(3)10-14(16)4/h6-7,10-12H,8-9H2,1-5H3,(H,23,25). The molecule has 2 heterocycles. The predicted molar refractivity (Wildman–Crippen MR) is 112 cm³/mol. The van der Waals surface area contributed by atoms with Gasteiger partial charge in [0, 0.05) is 12.2 Å². The molecule has 0 saturated heterocycles. The summed E-state index contributed by atoms with van der Waals surface area (Å²) in [7, 11) is 0. The van der Waals surface area contributed by atoms with E-state index in [1.807, 2.05) is 39.0 Å². The van der Waals surface area contributed by atoms with Crippen molar-refractivity contribution in [3.63, 3.8) is 0 Å². The Balaban J connectivity index is 1.95. The summed E-state index contributed by atoms with van der Waals surface area (Å²) in [5.41, 5.74) is 3.57. The zero-order chi connectivity index (χ0) is 19.7. The highest BCUT2D eigenvalue weighted by atomic mass is 32.1. The van der Waals surface area contributed by atoms with Crippen molar-refractivity contribution in [2.45, 2.75) is 47.6 Å². The minimum atomic E-state index is -0.199. The van der Waals surface area contributed by atoms with E-state index in [1.54, 1.807) is 10.9 Å². The molecule has 0 spiro atoms.